The number of carbonyl (C=O) groups is 1. The summed E-state index contributed by atoms with van der Waals surface area (Å²) < 4.78 is 23.0. The van der Waals surface area contributed by atoms with Gasteiger partial charge in [0.15, 0.2) is 5.69 Å². The average Bonchev–Trinajstić information content (AvgIpc) is 2.63. The first-order valence-electron chi connectivity index (χ1n) is 6.68. The Morgan fingerprint density at radius 1 is 1.33 bits per heavy atom. The summed E-state index contributed by atoms with van der Waals surface area (Å²) in [5.41, 5.74) is 0.354. The summed E-state index contributed by atoms with van der Waals surface area (Å²) in [6.45, 7) is 10.6. The largest absolute Gasteiger partial charge is 0.350 e. The molecule has 118 valence electrons. The van der Waals surface area contributed by atoms with Crippen molar-refractivity contribution in [3.63, 3.8) is 0 Å². The SMILES string of the molecule is Cc1[nH]nc(C(=O)NCC2C(C)(C)C2(C)C)c1S(=O)(=O)Cl. The number of carbonyl (C=O) groups excluding carboxylic acids is 1. The Hall–Kier alpha value is -1.08. The molecule has 0 aromatic carbocycles. The number of amides is 1. The lowest BCUT2D eigenvalue weighted by atomic mass is 10.0. The summed E-state index contributed by atoms with van der Waals surface area (Å²) in [7, 11) is 1.34. The molecule has 0 unspecified atom stereocenters. The molecular formula is C13H20ClN3O3S. The summed E-state index contributed by atoms with van der Waals surface area (Å²) in [5.74, 6) is -0.192. The fraction of sp³-hybridized carbons (Fsp3) is 0.692. The third-order valence-electron chi connectivity index (χ3n) is 5.14. The van der Waals surface area contributed by atoms with Crippen molar-refractivity contribution >= 4 is 25.6 Å². The van der Waals surface area contributed by atoms with Crippen LogP contribution >= 0.6 is 10.7 Å². The number of halogens is 1. The highest BCUT2D eigenvalue weighted by Crippen LogP contribution is 2.67. The number of nitrogens with zero attached hydrogens (tertiary/aromatic N) is 1. The van der Waals surface area contributed by atoms with E-state index in [0.717, 1.165) is 0 Å². The maximum Gasteiger partial charge on any atom is 0.273 e. The first-order chi connectivity index (χ1) is 9.40. The quantitative estimate of drug-likeness (QED) is 0.825. The highest BCUT2D eigenvalue weighted by molar-refractivity contribution is 8.13. The minimum atomic E-state index is -4.02. The Balaban J connectivity index is 2.14. The molecule has 1 aliphatic rings. The number of hydrogen-bond acceptors (Lipinski definition) is 4. The topological polar surface area (TPSA) is 91.9 Å². The second-order valence-corrected chi connectivity index (χ2v) is 9.17. The predicted octanol–water partition coefficient (Wildman–Crippen LogP) is 2.06. The Labute approximate surface area is 129 Å². The molecule has 2 rings (SSSR count). The molecule has 1 saturated carbocycles. The van der Waals surface area contributed by atoms with Crippen molar-refractivity contribution in [2.75, 3.05) is 6.54 Å². The zero-order valence-electron chi connectivity index (χ0n) is 12.7. The first kappa shape index (κ1) is 16.3. The van der Waals surface area contributed by atoms with E-state index in [9.17, 15) is 13.2 Å². The molecule has 1 amide bonds. The van der Waals surface area contributed by atoms with Gasteiger partial charge in [0.05, 0.1) is 5.69 Å². The van der Waals surface area contributed by atoms with Crippen LogP contribution in [0.25, 0.3) is 0 Å². The predicted molar refractivity (Wildman–Crippen MR) is 79.7 cm³/mol. The number of rotatable bonds is 4. The fourth-order valence-electron chi connectivity index (χ4n) is 2.99. The summed E-state index contributed by atoms with van der Waals surface area (Å²) in [4.78, 5) is 11.9. The molecule has 1 fully saturated rings. The summed E-state index contributed by atoms with van der Waals surface area (Å²) in [6.07, 6.45) is 0. The molecule has 21 heavy (non-hydrogen) atoms. The van der Waals surface area contributed by atoms with E-state index in [0.29, 0.717) is 12.5 Å². The van der Waals surface area contributed by atoms with Gasteiger partial charge in [0, 0.05) is 17.2 Å². The van der Waals surface area contributed by atoms with Gasteiger partial charge >= 0.3 is 0 Å². The van der Waals surface area contributed by atoms with E-state index in [-0.39, 0.29) is 27.1 Å². The van der Waals surface area contributed by atoms with Crippen LogP contribution in [-0.2, 0) is 9.05 Å². The zero-order valence-corrected chi connectivity index (χ0v) is 14.3. The van der Waals surface area contributed by atoms with E-state index in [1.807, 2.05) is 0 Å². The number of nitrogens with one attached hydrogen (secondary N) is 2. The maximum atomic E-state index is 12.2. The van der Waals surface area contributed by atoms with Crippen LogP contribution in [0.4, 0.5) is 0 Å². The molecule has 1 aromatic heterocycles. The van der Waals surface area contributed by atoms with Crippen LogP contribution in [0.1, 0.15) is 43.9 Å². The Kier molecular flexibility index (Phi) is 3.65. The third kappa shape index (κ3) is 2.57. The molecule has 0 saturated heterocycles. The van der Waals surface area contributed by atoms with Gasteiger partial charge in [0.1, 0.15) is 4.90 Å². The van der Waals surface area contributed by atoms with Gasteiger partial charge in [-0.05, 0) is 23.7 Å². The van der Waals surface area contributed by atoms with E-state index < -0.39 is 15.0 Å². The molecule has 0 spiro atoms. The van der Waals surface area contributed by atoms with Crippen molar-refractivity contribution in [2.45, 2.75) is 39.5 Å². The number of aromatic amines is 1. The van der Waals surface area contributed by atoms with Crippen molar-refractivity contribution < 1.29 is 13.2 Å². The average molecular weight is 334 g/mol. The molecule has 1 aliphatic carbocycles. The molecule has 8 heteroatoms. The van der Waals surface area contributed by atoms with Gasteiger partial charge < -0.3 is 5.32 Å². The van der Waals surface area contributed by atoms with Gasteiger partial charge in [0.2, 0.25) is 0 Å². The van der Waals surface area contributed by atoms with E-state index in [4.69, 9.17) is 10.7 Å². The maximum absolute atomic E-state index is 12.2. The van der Waals surface area contributed by atoms with Gasteiger partial charge in [-0.25, -0.2) is 8.42 Å². The Bertz CT molecular complexity index is 678. The molecular weight excluding hydrogens is 314 g/mol. The summed E-state index contributed by atoms with van der Waals surface area (Å²) >= 11 is 0. The van der Waals surface area contributed by atoms with Crippen LogP contribution in [0.3, 0.4) is 0 Å². The van der Waals surface area contributed by atoms with E-state index in [2.05, 4.69) is 43.2 Å². The van der Waals surface area contributed by atoms with Crippen LogP contribution in [0, 0.1) is 23.7 Å². The lowest BCUT2D eigenvalue weighted by Crippen LogP contribution is -2.28. The van der Waals surface area contributed by atoms with Gasteiger partial charge in [-0.3, -0.25) is 9.89 Å². The van der Waals surface area contributed by atoms with Gasteiger partial charge in [-0.2, -0.15) is 5.10 Å². The standard InChI is InChI=1S/C13H20ClN3O3S/c1-7-10(21(14,19)20)9(17-16-7)11(18)15-6-8-12(2,3)13(8,4)5/h8H,6H2,1-5H3,(H,15,18)(H,16,17). The fourth-order valence-corrected chi connectivity index (χ4v) is 4.34. The highest BCUT2D eigenvalue weighted by atomic mass is 35.7. The highest BCUT2D eigenvalue weighted by Gasteiger charge is 2.64. The minimum Gasteiger partial charge on any atom is -0.350 e. The van der Waals surface area contributed by atoms with Crippen LogP contribution in [0.15, 0.2) is 4.90 Å². The van der Waals surface area contributed by atoms with Gasteiger partial charge in [-0.15, -0.1) is 0 Å². The summed E-state index contributed by atoms with van der Waals surface area (Å²) in [6, 6.07) is 0. The van der Waals surface area contributed by atoms with Crippen molar-refractivity contribution in [3.8, 4) is 0 Å². The lowest BCUT2D eigenvalue weighted by Gasteiger charge is -2.05. The van der Waals surface area contributed by atoms with Crippen LogP contribution in [0.2, 0.25) is 0 Å². The van der Waals surface area contributed by atoms with Gasteiger partial charge in [0.25, 0.3) is 15.0 Å². The van der Waals surface area contributed by atoms with E-state index >= 15 is 0 Å². The number of aryl methyl sites for hydroxylation is 1. The monoisotopic (exact) mass is 333 g/mol. The lowest BCUT2D eigenvalue weighted by molar-refractivity contribution is 0.0941. The molecule has 1 aromatic rings. The van der Waals surface area contributed by atoms with Crippen molar-refractivity contribution in [3.05, 3.63) is 11.4 Å². The van der Waals surface area contributed by atoms with E-state index in [1.54, 1.807) is 0 Å². The number of hydrogen-bond donors (Lipinski definition) is 2. The molecule has 0 bridgehead atoms. The molecule has 0 atom stereocenters. The molecule has 6 nitrogen and oxygen atoms in total. The van der Waals surface area contributed by atoms with Gasteiger partial charge in [-0.1, -0.05) is 27.7 Å². The second kappa shape index (κ2) is 4.71. The van der Waals surface area contributed by atoms with Crippen molar-refractivity contribution in [2.24, 2.45) is 16.7 Å². The van der Waals surface area contributed by atoms with Crippen molar-refractivity contribution in [1.29, 1.82) is 0 Å². The molecule has 1 heterocycles. The molecule has 0 radical (unpaired) electrons. The van der Waals surface area contributed by atoms with Crippen LogP contribution in [0.5, 0.6) is 0 Å². The normalized spacial score (nSPS) is 20.3. The van der Waals surface area contributed by atoms with Crippen molar-refractivity contribution in [1.82, 2.24) is 15.5 Å². The smallest absolute Gasteiger partial charge is 0.273 e. The number of H-pyrrole nitrogens is 1. The molecule has 2 N–H and O–H groups in total. The first-order valence-corrected chi connectivity index (χ1v) is 8.99. The summed E-state index contributed by atoms with van der Waals surface area (Å²) in [5, 5.41) is 8.99. The molecule has 0 aliphatic heterocycles. The van der Waals surface area contributed by atoms with E-state index in [1.165, 1.54) is 6.92 Å². The Morgan fingerprint density at radius 3 is 2.29 bits per heavy atom. The second-order valence-electron chi connectivity index (χ2n) is 6.67. The van der Waals surface area contributed by atoms with Crippen LogP contribution < -0.4 is 5.32 Å². The number of aromatic nitrogens is 2. The zero-order chi connectivity index (χ0) is 16.2. The van der Waals surface area contributed by atoms with Crippen LogP contribution in [-0.4, -0.2) is 31.1 Å². The third-order valence-corrected chi connectivity index (χ3v) is 6.59. The minimum absolute atomic E-state index is 0.142. The Morgan fingerprint density at radius 2 is 1.86 bits per heavy atom.